The van der Waals surface area contributed by atoms with Gasteiger partial charge < -0.3 is 0 Å². The molecule has 1 aromatic carbocycles. The van der Waals surface area contributed by atoms with Crippen molar-refractivity contribution >= 4 is 0 Å². The minimum Gasteiger partial charge on any atom is -0.275 e. The summed E-state index contributed by atoms with van der Waals surface area (Å²) in [5.74, 6) is -0.187. The molecule has 3 rings (SSSR count). The normalized spacial score (nSPS) is 12.7. The molecule has 0 fully saturated rings. The third-order valence-corrected chi connectivity index (χ3v) is 2.35. The number of fused-ring (bicyclic) bond motifs is 3. The van der Waals surface area contributed by atoms with E-state index in [0.29, 0.717) is 0 Å². The topological polar surface area (TPSA) is 28.7 Å². The van der Waals surface area contributed by atoms with E-state index in [9.17, 15) is 4.39 Å². The Kier molecular flexibility index (Phi) is 1.15. The molecule has 3 heteroatoms. The molecule has 63 valence electrons. The molecule has 1 N–H and O–H groups in total. The van der Waals surface area contributed by atoms with Crippen molar-refractivity contribution in [1.29, 1.82) is 0 Å². The van der Waals surface area contributed by atoms with Gasteiger partial charge in [-0.2, -0.15) is 5.10 Å². The second-order valence-corrected chi connectivity index (χ2v) is 3.15. The van der Waals surface area contributed by atoms with Gasteiger partial charge in [0, 0.05) is 17.5 Å². The van der Waals surface area contributed by atoms with E-state index in [1.807, 2.05) is 0 Å². The Balaban J connectivity index is 2.29. The van der Waals surface area contributed by atoms with Crippen LogP contribution in [0.3, 0.4) is 0 Å². The molecule has 0 saturated carbocycles. The average molecular weight is 173 g/mol. The van der Waals surface area contributed by atoms with Crippen LogP contribution in [0.2, 0.25) is 0 Å². The summed E-state index contributed by atoms with van der Waals surface area (Å²) in [6, 6.07) is 4.79. The van der Waals surface area contributed by atoms with Crippen molar-refractivity contribution in [2.45, 2.75) is 6.42 Å². The smallest absolute Gasteiger partial charge is 0.123 e. The molecular weight excluding hydrogens is 167 g/mol. The molecule has 0 bridgehead atoms. The molecule has 1 aliphatic carbocycles. The maximum absolute atomic E-state index is 12.9. The predicted octanol–water partition coefficient (Wildman–Crippen LogP) is 1.92. The van der Waals surface area contributed by atoms with Gasteiger partial charge in [-0.25, -0.2) is 4.39 Å². The van der Waals surface area contributed by atoms with Crippen LogP contribution in [0.5, 0.6) is 0 Å². The lowest BCUT2D eigenvalue weighted by atomic mass is 10.1. The Bertz CT molecular complexity index is 474. The molecule has 0 atom stereocenters. The van der Waals surface area contributed by atoms with Crippen LogP contribution >= 0.6 is 0 Å². The molecule has 0 amide bonds. The first-order valence-corrected chi connectivity index (χ1v) is 4.08. The monoisotopic (exact) mass is 173 g/mol. The van der Waals surface area contributed by atoms with Crippen LogP contribution in [0.15, 0.2) is 18.2 Å². The third kappa shape index (κ3) is 0.840. The summed E-state index contributed by atoms with van der Waals surface area (Å²) in [5.41, 5.74) is 3.97. The summed E-state index contributed by atoms with van der Waals surface area (Å²) >= 11 is 0. The molecule has 2 aromatic rings. The van der Waals surface area contributed by atoms with Crippen LogP contribution in [0.4, 0.5) is 4.39 Å². The molecule has 1 aliphatic rings. The number of benzene rings is 1. The zero-order valence-corrected chi connectivity index (χ0v) is 6.76. The highest BCUT2D eigenvalue weighted by molar-refractivity contribution is 5.72. The third-order valence-electron chi connectivity index (χ3n) is 2.35. The largest absolute Gasteiger partial charge is 0.275 e. The average Bonchev–Trinajstić information content (AvgIpc) is 2.62. The lowest BCUT2D eigenvalue weighted by Gasteiger charge is -1.97. The summed E-state index contributed by atoms with van der Waals surface area (Å²) in [6.45, 7) is 0. The fourth-order valence-corrected chi connectivity index (χ4v) is 1.76. The highest BCUT2D eigenvalue weighted by atomic mass is 19.1. The lowest BCUT2D eigenvalue weighted by Crippen LogP contribution is -1.83. The van der Waals surface area contributed by atoms with Gasteiger partial charge >= 0.3 is 0 Å². The molecule has 1 radical (unpaired) electrons. The molecule has 0 unspecified atom stereocenters. The van der Waals surface area contributed by atoms with Gasteiger partial charge in [-0.05, 0) is 23.8 Å². The fraction of sp³-hybridized carbons (Fsp3) is 0.100. The molecule has 13 heavy (non-hydrogen) atoms. The Morgan fingerprint density at radius 3 is 3.31 bits per heavy atom. The second-order valence-electron chi connectivity index (χ2n) is 3.15. The molecular formula is C10H6FN2. The van der Waals surface area contributed by atoms with E-state index in [1.54, 1.807) is 12.1 Å². The number of H-pyrrole nitrogens is 1. The van der Waals surface area contributed by atoms with E-state index >= 15 is 0 Å². The van der Waals surface area contributed by atoms with E-state index in [0.717, 1.165) is 28.8 Å². The number of rotatable bonds is 0. The van der Waals surface area contributed by atoms with Crippen molar-refractivity contribution in [3.05, 3.63) is 41.3 Å². The van der Waals surface area contributed by atoms with E-state index in [1.165, 1.54) is 6.07 Å². The van der Waals surface area contributed by atoms with Gasteiger partial charge in [0.25, 0.3) is 0 Å². The Labute approximate surface area is 74.4 Å². The highest BCUT2D eigenvalue weighted by Gasteiger charge is 2.20. The first-order chi connectivity index (χ1) is 6.34. The van der Waals surface area contributed by atoms with Crippen LogP contribution in [0, 0.1) is 12.0 Å². The minimum atomic E-state index is -0.187. The molecule has 2 nitrogen and oxygen atoms in total. The van der Waals surface area contributed by atoms with Crippen molar-refractivity contribution in [2.24, 2.45) is 0 Å². The highest BCUT2D eigenvalue weighted by Crippen LogP contribution is 2.34. The number of halogens is 1. The van der Waals surface area contributed by atoms with Gasteiger partial charge in [-0.15, -0.1) is 0 Å². The van der Waals surface area contributed by atoms with Gasteiger partial charge in [0.1, 0.15) is 5.82 Å². The Hall–Kier alpha value is -1.64. The van der Waals surface area contributed by atoms with Crippen LogP contribution in [-0.2, 0) is 6.42 Å². The van der Waals surface area contributed by atoms with Gasteiger partial charge in [-0.1, -0.05) is 0 Å². The zero-order chi connectivity index (χ0) is 8.84. The van der Waals surface area contributed by atoms with Crippen LogP contribution in [0.1, 0.15) is 11.1 Å². The van der Waals surface area contributed by atoms with E-state index in [-0.39, 0.29) is 5.82 Å². The van der Waals surface area contributed by atoms with Gasteiger partial charge in [0.15, 0.2) is 0 Å². The molecule has 1 heterocycles. The van der Waals surface area contributed by atoms with Crippen LogP contribution < -0.4 is 0 Å². The van der Waals surface area contributed by atoms with E-state index < -0.39 is 0 Å². The van der Waals surface area contributed by atoms with Gasteiger partial charge in [0.05, 0.1) is 11.9 Å². The lowest BCUT2D eigenvalue weighted by molar-refractivity contribution is 0.626. The zero-order valence-electron chi connectivity index (χ0n) is 6.76. The predicted molar refractivity (Wildman–Crippen MR) is 45.6 cm³/mol. The fourth-order valence-electron chi connectivity index (χ4n) is 1.76. The number of hydrogen-bond acceptors (Lipinski definition) is 1. The first-order valence-electron chi connectivity index (χ1n) is 4.08. The maximum Gasteiger partial charge on any atom is 0.123 e. The second kappa shape index (κ2) is 2.19. The molecule has 0 saturated heterocycles. The van der Waals surface area contributed by atoms with E-state index in [2.05, 4.69) is 16.4 Å². The maximum atomic E-state index is 12.9. The quantitative estimate of drug-likeness (QED) is 0.552. The number of aromatic amines is 1. The van der Waals surface area contributed by atoms with Crippen LogP contribution in [-0.4, -0.2) is 10.2 Å². The summed E-state index contributed by atoms with van der Waals surface area (Å²) in [5, 5.41) is 6.75. The van der Waals surface area contributed by atoms with Gasteiger partial charge in [0.2, 0.25) is 0 Å². The summed E-state index contributed by atoms with van der Waals surface area (Å²) < 4.78 is 12.9. The molecule has 1 aromatic heterocycles. The number of aromatic nitrogens is 2. The Morgan fingerprint density at radius 1 is 1.46 bits per heavy atom. The summed E-state index contributed by atoms with van der Waals surface area (Å²) in [4.78, 5) is 0. The SMILES string of the molecule is Fc1ccc2c(c1)Cc1[c][nH]nc1-2. The number of nitrogens with zero attached hydrogens (tertiary/aromatic N) is 1. The van der Waals surface area contributed by atoms with Crippen molar-refractivity contribution in [3.63, 3.8) is 0 Å². The van der Waals surface area contributed by atoms with Crippen molar-refractivity contribution in [3.8, 4) is 11.3 Å². The van der Waals surface area contributed by atoms with E-state index in [4.69, 9.17) is 0 Å². The first kappa shape index (κ1) is 6.83. The van der Waals surface area contributed by atoms with Crippen LogP contribution in [0.25, 0.3) is 11.3 Å². The summed E-state index contributed by atoms with van der Waals surface area (Å²) in [7, 11) is 0. The number of hydrogen-bond donors (Lipinski definition) is 1. The Morgan fingerprint density at radius 2 is 2.38 bits per heavy atom. The minimum absolute atomic E-state index is 0.187. The molecule has 0 spiro atoms. The van der Waals surface area contributed by atoms with Crippen molar-refractivity contribution in [2.75, 3.05) is 0 Å². The van der Waals surface area contributed by atoms with Crippen molar-refractivity contribution < 1.29 is 4.39 Å². The molecule has 0 aliphatic heterocycles. The van der Waals surface area contributed by atoms with Gasteiger partial charge in [-0.3, -0.25) is 5.10 Å². The number of nitrogens with one attached hydrogen (secondary N) is 1. The van der Waals surface area contributed by atoms with Crippen molar-refractivity contribution in [1.82, 2.24) is 10.2 Å². The standard InChI is InChI=1S/C10H6FN2/c11-8-1-2-9-6(4-8)3-7-5-12-13-10(7)9/h1-2,4H,3H2,(H,12,13). The summed E-state index contributed by atoms with van der Waals surface area (Å²) in [6.07, 6.45) is 3.66.